The normalized spacial score (nSPS) is 17.9. The summed E-state index contributed by atoms with van der Waals surface area (Å²) >= 11 is 0. The van der Waals surface area contributed by atoms with Crippen LogP contribution in [-0.4, -0.2) is 44.5 Å². The first kappa shape index (κ1) is 20.8. The SMILES string of the molecule is O=C(OC[C@H]1OB(c2ccccc2)O[C@@H]1COC(=O)c1ccccc1)c1ccccc1. The molecule has 1 saturated heterocycles. The zero-order valence-electron chi connectivity index (χ0n) is 16.8. The van der Waals surface area contributed by atoms with Crippen molar-refractivity contribution in [2.75, 3.05) is 13.2 Å². The van der Waals surface area contributed by atoms with E-state index < -0.39 is 31.3 Å². The Labute approximate surface area is 180 Å². The zero-order chi connectivity index (χ0) is 21.5. The summed E-state index contributed by atoms with van der Waals surface area (Å²) in [6, 6.07) is 26.9. The molecule has 1 fully saturated rings. The molecule has 0 bridgehead atoms. The molecule has 0 saturated carbocycles. The van der Waals surface area contributed by atoms with E-state index in [9.17, 15) is 9.59 Å². The van der Waals surface area contributed by atoms with E-state index in [2.05, 4.69) is 0 Å². The van der Waals surface area contributed by atoms with E-state index in [4.69, 9.17) is 18.8 Å². The molecule has 31 heavy (non-hydrogen) atoms. The number of hydrogen-bond acceptors (Lipinski definition) is 6. The van der Waals surface area contributed by atoms with Crippen LogP contribution in [0.2, 0.25) is 0 Å². The van der Waals surface area contributed by atoms with Crippen molar-refractivity contribution in [3.63, 3.8) is 0 Å². The van der Waals surface area contributed by atoms with Gasteiger partial charge in [0.25, 0.3) is 0 Å². The van der Waals surface area contributed by atoms with E-state index in [0.29, 0.717) is 11.1 Å². The fourth-order valence-electron chi connectivity index (χ4n) is 3.22. The van der Waals surface area contributed by atoms with E-state index >= 15 is 0 Å². The topological polar surface area (TPSA) is 71.1 Å². The Morgan fingerprint density at radius 1 is 0.645 bits per heavy atom. The summed E-state index contributed by atoms with van der Waals surface area (Å²) in [6.45, 7) is -0.0464. The molecule has 0 amide bonds. The summed E-state index contributed by atoms with van der Waals surface area (Å²) < 4.78 is 22.9. The van der Waals surface area contributed by atoms with Gasteiger partial charge in [-0.2, -0.15) is 0 Å². The first-order chi connectivity index (χ1) is 15.2. The fourth-order valence-corrected chi connectivity index (χ4v) is 3.22. The highest BCUT2D eigenvalue weighted by Crippen LogP contribution is 2.19. The Kier molecular flexibility index (Phi) is 6.77. The van der Waals surface area contributed by atoms with Crippen molar-refractivity contribution in [2.24, 2.45) is 0 Å². The van der Waals surface area contributed by atoms with Gasteiger partial charge in [-0.3, -0.25) is 0 Å². The van der Waals surface area contributed by atoms with Crippen LogP contribution in [0.25, 0.3) is 0 Å². The van der Waals surface area contributed by atoms with Gasteiger partial charge in [0.2, 0.25) is 0 Å². The van der Waals surface area contributed by atoms with Crippen LogP contribution in [0.15, 0.2) is 91.0 Å². The van der Waals surface area contributed by atoms with E-state index in [1.807, 2.05) is 42.5 Å². The fraction of sp³-hybridized carbons (Fsp3) is 0.167. The van der Waals surface area contributed by atoms with Gasteiger partial charge < -0.3 is 18.8 Å². The van der Waals surface area contributed by atoms with Crippen LogP contribution in [0.5, 0.6) is 0 Å². The largest absolute Gasteiger partial charge is 0.494 e. The van der Waals surface area contributed by atoms with Crippen molar-refractivity contribution in [1.82, 2.24) is 0 Å². The van der Waals surface area contributed by atoms with E-state index in [0.717, 1.165) is 5.46 Å². The highest BCUT2D eigenvalue weighted by atomic mass is 16.7. The molecular formula is C24H21BO6. The van der Waals surface area contributed by atoms with Gasteiger partial charge in [0.05, 0.1) is 11.1 Å². The Balaban J connectivity index is 1.41. The monoisotopic (exact) mass is 416 g/mol. The molecule has 0 aromatic heterocycles. The van der Waals surface area contributed by atoms with Crippen LogP contribution in [-0.2, 0) is 18.8 Å². The molecule has 0 radical (unpaired) electrons. The van der Waals surface area contributed by atoms with Crippen LogP contribution in [0.4, 0.5) is 0 Å². The Morgan fingerprint density at radius 2 is 1.03 bits per heavy atom. The molecule has 0 spiro atoms. The summed E-state index contributed by atoms with van der Waals surface area (Å²) in [7, 11) is -0.637. The summed E-state index contributed by atoms with van der Waals surface area (Å²) in [5, 5.41) is 0. The van der Waals surface area contributed by atoms with Crippen molar-refractivity contribution in [3.05, 3.63) is 102 Å². The maximum Gasteiger partial charge on any atom is 0.494 e. The van der Waals surface area contributed by atoms with Crippen molar-refractivity contribution >= 4 is 24.5 Å². The lowest BCUT2D eigenvalue weighted by Crippen LogP contribution is -2.33. The third-order valence-electron chi connectivity index (χ3n) is 4.86. The maximum atomic E-state index is 12.3. The number of carbonyl (C=O) groups excluding carboxylic acids is 2. The smallest absolute Gasteiger partial charge is 0.459 e. The predicted molar refractivity (Wildman–Crippen MR) is 115 cm³/mol. The maximum absolute atomic E-state index is 12.3. The van der Waals surface area contributed by atoms with Crippen LogP contribution in [0.3, 0.4) is 0 Å². The number of hydrogen-bond donors (Lipinski definition) is 0. The third kappa shape index (κ3) is 5.39. The summed E-state index contributed by atoms with van der Waals surface area (Å²) in [4.78, 5) is 24.6. The molecule has 0 N–H and O–H groups in total. The molecule has 1 heterocycles. The number of ether oxygens (including phenoxy) is 2. The number of benzene rings is 3. The van der Waals surface area contributed by atoms with Crippen molar-refractivity contribution < 1.29 is 28.4 Å². The Hall–Kier alpha value is -3.42. The average molecular weight is 416 g/mol. The molecule has 0 unspecified atom stereocenters. The molecule has 1 aliphatic heterocycles. The quantitative estimate of drug-likeness (QED) is 0.436. The standard InChI is InChI=1S/C24H21BO6/c26-23(18-10-4-1-5-11-18)28-16-21-22(17-29-24(27)19-12-6-2-7-13-19)31-25(30-21)20-14-8-3-9-15-20/h1-15,21-22H,16-17H2/t21-,22-/m1/s1. The van der Waals surface area contributed by atoms with Crippen LogP contribution >= 0.6 is 0 Å². The predicted octanol–water partition coefficient (Wildman–Crippen LogP) is 2.88. The van der Waals surface area contributed by atoms with Gasteiger partial charge in [-0.15, -0.1) is 0 Å². The van der Waals surface area contributed by atoms with Crippen molar-refractivity contribution in [2.45, 2.75) is 12.2 Å². The highest BCUT2D eigenvalue weighted by molar-refractivity contribution is 6.61. The van der Waals surface area contributed by atoms with Gasteiger partial charge >= 0.3 is 19.1 Å². The van der Waals surface area contributed by atoms with Gasteiger partial charge in [0.15, 0.2) is 0 Å². The summed E-state index contributed by atoms with van der Waals surface area (Å²) in [5.41, 5.74) is 1.74. The zero-order valence-corrected chi connectivity index (χ0v) is 16.8. The first-order valence-corrected chi connectivity index (χ1v) is 10.0. The van der Waals surface area contributed by atoms with Crippen LogP contribution in [0.1, 0.15) is 20.7 Å². The molecule has 2 atom stereocenters. The van der Waals surface area contributed by atoms with Gasteiger partial charge in [-0.1, -0.05) is 66.7 Å². The Morgan fingerprint density at radius 3 is 1.45 bits per heavy atom. The first-order valence-electron chi connectivity index (χ1n) is 10.0. The minimum absolute atomic E-state index is 0.0232. The second-order valence-electron chi connectivity index (χ2n) is 7.02. The lowest BCUT2D eigenvalue weighted by molar-refractivity contribution is 0.00330. The lowest BCUT2D eigenvalue weighted by atomic mass is 9.79. The third-order valence-corrected chi connectivity index (χ3v) is 4.86. The number of esters is 2. The highest BCUT2D eigenvalue weighted by Gasteiger charge is 2.42. The van der Waals surface area contributed by atoms with Gasteiger partial charge in [-0.05, 0) is 29.7 Å². The Bertz CT molecular complexity index is 933. The number of carbonyl (C=O) groups is 2. The molecule has 3 aromatic rings. The van der Waals surface area contributed by atoms with Gasteiger partial charge in [0, 0.05) is 0 Å². The molecule has 4 rings (SSSR count). The molecule has 156 valence electrons. The van der Waals surface area contributed by atoms with E-state index in [1.54, 1.807) is 48.5 Å². The average Bonchev–Trinajstić information content (AvgIpc) is 3.25. The van der Waals surface area contributed by atoms with Gasteiger partial charge in [-0.25, -0.2) is 9.59 Å². The lowest BCUT2D eigenvalue weighted by Gasteiger charge is -2.18. The molecule has 7 heteroatoms. The second kappa shape index (κ2) is 10.1. The van der Waals surface area contributed by atoms with E-state index in [-0.39, 0.29) is 13.2 Å². The van der Waals surface area contributed by atoms with Crippen molar-refractivity contribution in [3.8, 4) is 0 Å². The van der Waals surface area contributed by atoms with Crippen LogP contribution in [0, 0.1) is 0 Å². The molecule has 6 nitrogen and oxygen atoms in total. The van der Waals surface area contributed by atoms with Crippen molar-refractivity contribution in [1.29, 1.82) is 0 Å². The summed E-state index contributed by atoms with van der Waals surface area (Å²) in [6.07, 6.45) is -1.16. The molecular weight excluding hydrogens is 395 g/mol. The molecule has 1 aliphatic rings. The molecule has 0 aliphatic carbocycles. The summed E-state index contributed by atoms with van der Waals surface area (Å²) in [5.74, 6) is -0.903. The van der Waals surface area contributed by atoms with Gasteiger partial charge in [0.1, 0.15) is 25.4 Å². The minimum Gasteiger partial charge on any atom is -0.459 e. The second-order valence-corrected chi connectivity index (χ2v) is 7.02. The minimum atomic E-state index is -0.637. The van der Waals surface area contributed by atoms with E-state index in [1.165, 1.54) is 0 Å². The van der Waals surface area contributed by atoms with Crippen LogP contribution < -0.4 is 5.46 Å². The molecule has 3 aromatic carbocycles. The number of rotatable bonds is 7.